The fourth-order valence-corrected chi connectivity index (χ4v) is 3.08. The van der Waals surface area contributed by atoms with Crippen LogP contribution in [0.5, 0.6) is 0 Å². The Kier molecular flexibility index (Phi) is 1.70. The lowest BCUT2D eigenvalue weighted by Crippen LogP contribution is -2.60. The van der Waals surface area contributed by atoms with Gasteiger partial charge >= 0.3 is 0 Å². The van der Waals surface area contributed by atoms with Crippen LogP contribution < -0.4 is 0 Å². The second-order valence-corrected chi connectivity index (χ2v) is 4.61. The fourth-order valence-electron chi connectivity index (χ4n) is 3.08. The van der Waals surface area contributed by atoms with Gasteiger partial charge in [0.15, 0.2) is 6.29 Å². The zero-order valence-corrected chi connectivity index (χ0v) is 8.16. The van der Waals surface area contributed by atoms with E-state index in [-0.39, 0.29) is 11.9 Å². The van der Waals surface area contributed by atoms with Gasteiger partial charge in [-0.3, -0.25) is 0 Å². The summed E-state index contributed by atoms with van der Waals surface area (Å²) in [6.45, 7) is 6.46. The number of piperidine rings is 3. The Bertz CT molecular complexity index is 213. The molecule has 4 aliphatic heterocycles. The van der Waals surface area contributed by atoms with Crippen LogP contribution in [-0.2, 0) is 9.47 Å². The van der Waals surface area contributed by atoms with Crippen molar-refractivity contribution < 1.29 is 9.47 Å². The van der Waals surface area contributed by atoms with E-state index in [4.69, 9.17) is 9.47 Å². The van der Waals surface area contributed by atoms with Gasteiger partial charge in [-0.15, -0.1) is 0 Å². The maximum Gasteiger partial charge on any atom is 0.155 e. The van der Waals surface area contributed by atoms with E-state index in [1.54, 1.807) is 0 Å². The first kappa shape index (κ1) is 8.21. The molecule has 0 amide bonds. The largest absolute Gasteiger partial charge is 0.350 e. The van der Waals surface area contributed by atoms with Crippen LogP contribution in [0.1, 0.15) is 19.8 Å². The molecule has 4 saturated heterocycles. The SMILES string of the molecule is C[C@@H]1OC[C@@]2(CN3CCC2CC3)O1. The molecule has 1 spiro atoms. The summed E-state index contributed by atoms with van der Waals surface area (Å²) in [6.07, 6.45) is 2.62. The van der Waals surface area contributed by atoms with Crippen molar-refractivity contribution in [3.8, 4) is 0 Å². The molecule has 4 heterocycles. The standard InChI is InChI=1S/C10H17NO2/c1-8-12-7-10(13-8)6-11-4-2-9(10)3-5-11/h8-9H,2-7H2,1H3/t8-,10-/m1/s1. The molecular formula is C10H17NO2. The third-order valence-electron chi connectivity index (χ3n) is 3.79. The van der Waals surface area contributed by atoms with Gasteiger partial charge in [0.2, 0.25) is 0 Å². The summed E-state index contributed by atoms with van der Waals surface area (Å²) in [4.78, 5) is 2.52. The normalized spacial score (nSPS) is 54.7. The topological polar surface area (TPSA) is 21.7 Å². The van der Waals surface area contributed by atoms with Gasteiger partial charge in [0.05, 0.1) is 6.61 Å². The average Bonchev–Trinajstić information content (AvgIpc) is 2.49. The van der Waals surface area contributed by atoms with Gasteiger partial charge in [0.1, 0.15) is 5.60 Å². The second-order valence-electron chi connectivity index (χ2n) is 4.61. The van der Waals surface area contributed by atoms with Crippen molar-refractivity contribution in [2.45, 2.75) is 31.7 Å². The molecule has 0 aliphatic carbocycles. The first-order valence-electron chi connectivity index (χ1n) is 5.30. The Morgan fingerprint density at radius 1 is 1.31 bits per heavy atom. The van der Waals surface area contributed by atoms with E-state index >= 15 is 0 Å². The molecule has 13 heavy (non-hydrogen) atoms. The highest BCUT2D eigenvalue weighted by atomic mass is 16.7. The van der Waals surface area contributed by atoms with E-state index in [0.717, 1.165) is 19.1 Å². The number of ether oxygens (including phenoxy) is 2. The average molecular weight is 183 g/mol. The Balaban J connectivity index is 1.83. The monoisotopic (exact) mass is 183 g/mol. The lowest BCUT2D eigenvalue weighted by molar-refractivity contribution is -0.145. The van der Waals surface area contributed by atoms with Crippen molar-refractivity contribution in [1.82, 2.24) is 4.90 Å². The first-order valence-corrected chi connectivity index (χ1v) is 5.30. The zero-order valence-electron chi connectivity index (χ0n) is 8.16. The number of fused-ring (bicyclic) bond motifs is 2. The van der Waals surface area contributed by atoms with Gasteiger partial charge in [-0.1, -0.05) is 0 Å². The molecule has 2 atom stereocenters. The molecular weight excluding hydrogens is 166 g/mol. The van der Waals surface area contributed by atoms with E-state index < -0.39 is 0 Å². The molecule has 0 aromatic rings. The van der Waals surface area contributed by atoms with E-state index in [1.165, 1.54) is 25.9 Å². The van der Waals surface area contributed by atoms with Crippen LogP contribution in [0.15, 0.2) is 0 Å². The van der Waals surface area contributed by atoms with Crippen LogP contribution >= 0.6 is 0 Å². The summed E-state index contributed by atoms with van der Waals surface area (Å²) >= 11 is 0. The van der Waals surface area contributed by atoms with E-state index in [9.17, 15) is 0 Å². The number of rotatable bonds is 0. The minimum Gasteiger partial charge on any atom is -0.350 e. The second kappa shape index (κ2) is 2.69. The number of hydrogen-bond donors (Lipinski definition) is 0. The molecule has 0 saturated carbocycles. The van der Waals surface area contributed by atoms with Gasteiger partial charge in [-0.05, 0) is 38.8 Å². The summed E-state index contributed by atoms with van der Waals surface area (Å²) in [7, 11) is 0. The summed E-state index contributed by atoms with van der Waals surface area (Å²) in [5.41, 5.74) is 0.0654. The number of nitrogens with zero attached hydrogens (tertiary/aromatic N) is 1. The van der Waals surface area contributed by atoms with Crippen LogP contribution in [0.2, 0.25) is 0 Å². The van der Waals surface area contributed by atoms with Gasteiger partial charge < -0.3 is 14.4 Å². The molecule has 74 valence electrons. The molecule has 0 N–H and O–H groups in total. The van der Waals surface area contributed by atoms with Crippen molar-refractivity contribution in [2.24, 2.45) is 5.92 Å². The molecule has 2 bridgehead atoms. The maximum atomic E-state index is 5.96. The van der Waals surface area contributed by atoms with Crippen molar-refractivity contribution >= 4 is 0 Å². The highest BCUT2D eigenvalue weighted by Crippen LogP contribution is 2.42. The van der Waals surface area contributed by atoms with Crippen LogP contribution in [0.4, 0.5) is 0 Å². The lowest BCUT2D eigenvalue weighted by atomic mass is 9.76. The van der Waals surface area contributed by atoms with Crippen LogP contribution in [0.25, 0.3) is 0 Å². The van der Waals surface area contributed by atoms with Crippen molar-refractivity contribution in [3.05, 3.63) is 0 Å². The molecule has 0 unspecified atom stereocenters. The molecule has 0 radical (unpaired) electrons. The fraction of sp³-hybridized carbons (Fsp3) is 1.00. The minimum atomic E-state index is 0.0144. The maximum absolute atomic E-state index is 5.96. The highest BCUT2D eigenvalue weighted by molar-refractivity contribution is 5.01. The van der Waals surface area contributed by atoms with Gasteiger partial charge in [-0.25, -0.2) is 0 Å². The molecule has 3 heteroatoms. The van der Waals surface area contributed by atoms with E-state index in [1.807, 2.05) is 6.92 Å². The minimum absolute atomic E-state index is 0.0144. The zero-order chi connectivity index (χ0) is 8.89. The van der Waals surface area contributed by atoms with Crippen molar-refractivity contribution in [2.75, 3.05) is 26.2 Å². The predicted octanol–water partition coefficient (Wildman–Crippen LogP) is 0.844. The van der Waals surface area contributed by atoms with Gasteiger partial charge in [0.25, 0.3) is 0 Å². The quantitative estimate of drug-likeness (QED) is 0.555. The lowest BCUT2D eigenvalue weighted by Gasteiger charge is -2.50. The molecule has 0 aromatic heterocycles. The third-order valence-corrected chi connectivity index (χ3v) is 3.79. The van der Waals surface area contributed by atoms with E-state index in [2.05, 4.69) is 4.90 Å². The highest BCUT2D eigenvalue weighted by Gasteiger charge is 2.51. The van der Waals surface area contributed by atoms with Crippen LogP contribution in [0.3, 0.4) is 0 Å². The molecule has 4 fully saturated rings. The Hall–Kier alpha value is -0.120. The molecule has 4 rings (SSSR count). The predicted molar refractivity (Wildman–Crippen MR) is 48.4 cm³/mol. The summed E-state index contributed by atoms with van der Waals surface area (Å²) in [6, 6.07) is 0. The summed E-state index contributed by atoms with van der Waals surface area (Å²) in [5, 5.41) is 0. The van der Waals surface area contributed by atoms with E-state index in [0.29, 0.717) is 0 Å². The Morgan fingerprint density at radius 2 is 2.08 bits per heavy atom. The Morgan fingerprint density at radius 3 is 2.54 bits per heavy atom. The van der Waals surface area contributed by atoms with Gasteiger partial charge in [0, 0.05) is 6.54 Å². The van der Waals surface area contributed by atoms with Gasteiger partial charge in [-0.2, -0.15) is 0 Å². The molecule has 0 aromatic carbocycles. The van der Waals surface area contributed by atoms with Crippen molar-refractivity contribution in [1.29, 1.82) is 0 Å². The smallest absolute Gasteiger partial charge is 0.155 e. The summed E-state index contributed by atoms with van der Waals surface area (Å²) < 4.78 is 11.5. The van der Waals surface area contributed by atoms with Crippen LogP contribution in [0, 0.1) is 5.92 Å². The first-order chi connectivity index (χ1) is 6.28. The van der Waals surface area contributed by atoms with Crippen LogP contribution in [-0.4, -0.2) is 43.0 Å². The Labute approximate surface area is 79.0 Å². The summed E-state index contributed by atoms with van der Waals surface area (Å²) in [5.74, 6) is 0.752. The number of hydrogen-bond acceptors (Lipinski definition) is 3. The third kappa shape index (κ3) is 1.14. The molecule has 4 aliphatic rings. The van der Waals surface area contributed by atoms with Crippen molar-refractivity contribution in [3.63, 3.8) is 0 Å². The molecule has 3 nitrogen and oxygen atoms in total.